The Hall–Kier alpha value is -1.58. The van der Waals surface area contributed by atoms with E-state index < -0.39 is 0 Å². The first-order valence-corrected chi connectivity index (χ1v) is 8.03. The third-order valence-electron chi connectivity index (χ3n) is 3.91. The Morgan fingerprint density at radius 1 is 1.23 bits per heavy atom. The molecule has 1 heterocycles. The molecule has 2 atom stereocenters. The Balaban J connectivity index is 1.49. The van der Waals surface area contributed by atoms with Gasteiger partial charge in [-0.2, -0.15) is 0 Å². The van der Waals surface area contributed by atoms with E-state index in [4.69, 9.17) is 23.2 Å². The lowest BCUT2D eigenvalue weighted by Gasteiger charge is -2.05. The summed E-state index contributed by atoms with van der Waals surface area (Å²) in [7, 11) is 0. The zero-order valence-corrected chi connectivity index (χ0v) is 13.4. The Morgan fingerprint density at radius 3 is 2.82 bits per heavy atom. The SMILES string of the molecule is O=C(NCCc1ccccn1)[C@H]1C[C@@H]1c1ccc(Cl)c(Cl)c1. The third-order valence-corrected chi connectivity index (χ3v) is 4.64. The maximum Gasteiger partial charge on any atom is 0.223 e. The number of halogens is 2. The van der Waals surface area contributed by atoms with E-state index in [9.17, 15) is 4.79 Å². The van der Waals surface area contributed by atoms with Gasteiger partial charge in [-0.15, -0.1) is 0 Å². The molecule has 3 rings (SSSR count). The summed E-state index contributed by atoms with van der Waals surface area (Å²) < 4.78 is 0. The summed E-state index contributed by atoms with van der Waals surface area (Å²) in [5, 5.41) is 4.07. The lowest BCUT2D eigenvalue weighted by molar-refractivity contribution is -0.122. The Labute approximate surface area is 139 Å². The van der Waals surface area contributed by atoms with Gasteiger partial charge in [-0.05, 0) is 42.2 Å². The smallest absolute Gasteiger partial charge is 0.223 e. The molecule has 0 spiro atoms. The van der Waals surface area contributed by atoms with E-state index in [0.717, 1.165) is 24.1 Å². The molecular formula is C17H16Cl2N2O. The van der Waals surface area contributed by atoms with Crippen molar-refractivity contribution in [2.75, 3.05) is 6.54 Å². The molecule has 0 unspecified atom stereocenters. The summed E-state index contributed by atoms with van der Waals surface area (Å²) in [6.07, 6.45) is 3.38. The van der Waals surface area contributed by atoms with Gasteiger partial charge in [-0.25, -0.2) is 0 Å². The number of nitrogens with zero attached hydrogens (tertiary/aromatic N) is 1. The third kappa shape index (κ3) is 3.60. The van der Waals surface area contributed by atoms with Crippen LogP contribution in [0.4, 0.5) is 0 Å². The summed E-state index contributed by atoms with van der Waals surface area (Å²) in [6.45, 7) is 0.612. The molecule has 1 aromatic carbocycles. The molecule has 1 N–H and O–H groups in total. The number of aromatic nitrogens is 1. The molecule has 1 saturated carbocycles. The summed E-state index contributed by atoms with van der Waals surface area (Å²) in [4.78, 5) is 16.4. The molecule has 0 saturated heterocycles. The van der Waals surface area contributed by atoms with Gasteiger partial charge >= 0.3 is 0 Å². The monoisotopic (exact) mass is 334 g/mol. The first-order chi connectivity index (χ1) is 10.6. The van der Waals surface area contributed by atoms with Crippen LogP contribution in [0.25, 0.3) is 0 Å². The quantitative estimate of drug-likeness (QED) is 0.902. The summed E-state index contributed by atoms with van der Waals surface area (Å²) in [5.74, 6) is 0.401. The molecule has 1 aliphatic carbocycles. The first kappa shape index (κ1) is 15.3. The maximum absolute atomic E-state index is 12.1. The summed E-state index contributed by atoms with van der Waals surface area (Å²) in [5.41, 5.74) is 2.07. The van der Waals surface area contributed by atoms with Crippen molar-refractivity contribution in [3.05, 3.63) is 63.9 Å². The molecule has 22 heavy (non-hydrogen) atoms. The number of hydrogen-bond acceptors (Lipinski definition) is 2. The molecule has 114 valence electrons. The molecule has 5 heteroatoms. The zero-order chi connectivity index (χ0) is 15.5. The standard InChI is InChI=1S/C17H16Cl2N2O/c18-15-5-4-11(9-16(15)19)13-10-14(13)17(22)21-8-6-12-3-1-2-7-20-12/h1-5,7,9,13-14H,6,8,10H2,(H,21,22)/t13-,14+/m1/s1. The van der Waals surface area contributed by atoms with Crippen molar-refractivity contribution in [3.8, 4) is 0 Å². The van der Waals surface area contributed by atoms with E-state index >= 15 is 0 Å². The van der Waals surface area contributed by atoms with Crippen molar-refractivity contribution in [2.45, 2.75) is 18.8 Å². The van der Waals surface area contributed by atoms with Crippen LogP contribution in [0, 0.1) is 5.92 Å². The molecule has 1 fully saturated rings. The van der Waals surface area contributed by atoms with E-state index in [1.54, 1.807) is 12.3 Å². The number of carbonyl (C=O) groups is 1. The fourth-order valence-corrected chi connectivity index (χ4v) is 2.89. The number of rotatable bonds is 5. The Bertz CT molecular complexity index is 676. The van der Waals surface area contributed by atoms with Crippen LogP contribution in [0.2, 0.25) is 10.0 Å². The van der Waals surface area contributed by atoms with E-state index in [-0.39, 0.29) is 17.7 Å². The van der Waals surface area contributed by atoms with Crippen molar-refractivity contribution < 1.29 is 4.79 Å². The molecule has 2 aromatic rings. The first-order valence-electron chi connectivity index (χ1n) is 7.27. The molecule has 3 nitrogen and oxygen atoms in total. The minimum atomic E-state index is 0.0426. The van der Waals surface area contributed by atoms with Crippen molar-refractivity contribution in [2.24, 2.45) is 5.92 Å². The van der Waals surface area contributed by atoms with Gasteiger partial charge in [0.25, 0.3) is 0 Å². The van der Waals surface area contributed by atoms with Gasteiger partial charge in [-0.3, -0.25) is 9.78 Å². The van der Waals surface area contributed by atoms with Gasteiger partial charge in [0.05, 0.1) is 10.0 Å². The second kappa shape index (κ2) is 6.67. The van der Waals surface area contributed by atoms with E-state index in [2.05, 4.69) is 10.3 Å². The molecule has 1 aromatic heterocycles. The van der Waals surface area contributed by atoms with Crippen LogP contribution in [0.5, 0.6) is 0 Å². The van der Waals surface area contributed by atoms with Crippen molar-refractivity contribution in [1.29, 1.82) is 0 Å². The Kier molecular flexibility index (Phi) is 4.65. The average Bonchev–Trinajstić information content (AvgIpc) is 3.32. The lowest BCUT2D eigenvalue weighted by Crippen LogP contribution is -2.27. The van der Waals surface area contributed by atoms with Crippen LogP contribution in [0.3, 0.4) is 0 Å². The van der Waals surface area contributed by atoms with Gasteiger partial charge in [-0.1, -0.05) is 35.3 Å². The predicted octanol–water partition coefficient (Wildman–Crippen LogP) is 3.85. The van der Waals surface area contributed by atoms with Crippen LogP contribution in [-0.4, -0.2) is 17.4 Å². The van der Waals surface area contributed by atoms with Crippen molar-refractivity contribution in [1.82, 2.24) is 10.3 Å². The zero-order valence-electron chi connectivity index (χ0n) is 11.9. The topological polar surface area (TPSA) is 42.0 Å². The largest absolute Gasteiger partial charge is 0.355 e. The number of pyridine rings is 1. The van der Waals surface area contributed by atoms with E-state index in [1.807, 2.05) is 30.3 Å². The number of benzene rings is 1. The van der Waals surface area contributed by atoms with Crippen molar-refractivity contribution in [3.63, 3.8) is 0 Å². The second-order valence-corrected chi connectivity index (χ2v) is 6.30. The number of nitrogens with one attached hydrogen (secondary N) is 1. The highest BCUT2D eigenvalue weighted by molar-refractivity contribution is 6.42. The Morgan fingerprint density at radius 2 is 2.09 bits per heavy atom. The second-order valence-electron chi connectivity index (χ2n) is 5.48. The molecule has 0 bridgehead atoms. The molecule has 1 aliphatic rings. The average molecular weight is 335 g/mol. The molecular weight excluding hydrogens is 319 g/mol. The number of carbonyl (C=O) groups excluding carboxylic acids is 1. The minimum Gasteiger partial charge on any atom is -0.355 e. The fourth-order valence-electron chi connectivity index (χ4n) is 2.59. The van der Waals surface area contributed by atoms with Crippen LogP contribution in [0.1, 0.15) is 23.6 Å². The van der Waals surface area contributed by atoms with Gasteiger partial charge in [0.2, 0.25) is 5.91 Å². The van der Waals surface area contributed by atoms with Crippen LogP contribution in [-0.2, 0) is 11.2 Å². The highest BCUT2D eigenvalue weighted by Crippen LogP contribution is 2.48. The van der Waals surface area contributed by atoms with Crippen molar-refractivity contribution >= 4 is 29.1 Å². The summed E-state index contributed by atoms with van der Waals surface area (Å²) >= 11 is 11.9. The number of amides is 1. The predicted molar refractivity (Wildman–Crippen MR) is 88.3 cm³/mol. The van der Waals surface area contributed by atoms with Crippen LogP contribution < -0.4 is 5.32 Å². The van der Waals surface area contributed by atoms with Gasteiger partial charge in [0.15, 0.2) is 0 Å². The lowest BCUT2D eigenvalue weighted by atomic mass is 10.1. The minimum absolute atomic E-state index is 0.0426. The number of hydrogen-bond donors (Lipinski definition) is 1. The normalized spacial score (nSPS) is 19.7. The molecule has 0 aliphatic heterocycles. The highest BCUT2D eigenvalue weighted by Gasteiger charge is 2.43. The van der Waals surface area contributed by atoms with Gasteiger partial charge in [0.1, 0.15) is 0 Å². The molecule has 0 radical (unpaired) electrons. The van der Waals surface area contributed by atoms with Crippen LogP contribution >= 0.6 is 23.2 Å². The summed E-state index contributed by atoms with van der Waals surface area (Å²) in [6, 6.07) is 11.4. The highest BCUT2D eigenvalue weighted by atomic mass is 35.5. The molecule has 1 amide bonds. The fraction of sp³-hybridized carbons (Fsp3) is 0.294. The van der Waals surface area contributed by atoms with E-state index in [1.165, 1.54) is 0 Å². The van der Waals surface area contributed by atoms with Gasteiger partial charge in [0, 0.05) is 30.8 Å². The van der Waals surface area contributed by atoms with Crippen LogP contribution in [0.15, 0.2) is 42.6 Å². The van der Waals surface area contributed by atoms with Gasteiger partial charge < -0.3 is 5.32 Å². The maximum atomic E-state index is 12.1. The van der Waals surface area contributed by atoms with E-state index in [0.29, 0.717) is 16.6 Å².